The highest BCUT2D eigenvalue weighted by atomic mass is 32.2. The van der Waals surface area contributed by atoms with Gasteiger partial charge in [0.05, 0.1) is 11.4 Å². The highest BCUT2D eigenvalue weighted by molar-refractivity contribution is 7.89. The second-order valence-corrected chi connectivity index (χ2v) is 12.5. The number of benzene rings is 1. The first-order valence-corrected chi connectivity index (χ1v) is 14.7. The van der Waals surface area contributed by atoms with Crippen LogP contribution in [0.5, 0.6) is 0 Å². The summed E-state index contributed by atoms with van der Waals surface area (Å²) < 4.78 is 27.6. The van der Waals surface area contributed by atoms with Crippen molar-refractivity contribution in [2.24, 2.45) is 5.92 Å². The zero-order valence-electron chi connectivity index (χ0n) is 20.8. The van der Waals surface area contributed by atoms with Crippen LogP contribution in [0.4, 0.5) is 5.69 Å². The van der Waals surface area contributed by atoms with Gasteiger partial charge in [-0.25, -0.2) is 8.42 Å². The summed E-state index contributed by atoms with van der Waals surface area (Å²) in [4.78, 5) is 17.6. The van der Waals surface area contributed by atoms with Crippen molar-refractivity contribution < 1.29 is 13.2 Å². The Morgan fingerprint density at radius 3 is 2.06 bits per heavy atom. The number of anilines is 1. The van der Waals surface area contributed by atoms with Crippen molar-refractivity contribution in [3.63, 3.8) is 0 Å². The molecule has 0 radical (unpaired) electrons. The fourth-order valence-corrected chi connectivity index (χ4v) is 7.20. The smallest absolute Gasteiger partial charge is 0.243 e. The van der Waals surface area contributed by atoms with Crippen LogP contribution >= 0.6 is 0 Å². The Labute approximate surface area is 205 Å². The topological polar surface area (TPSA) is 73.0 Å². The van der Waals surface area contributed by atoms with Crippen molar-refractivity contribution in [3.05, 3.63) is 24.3 Å². The number of hydrogen-bond acceptors (Lipinski definition) is 5. The Hall–Kier alpha value is -1.48. The van der Waals surface area contributed by atoms with Crippen LogP contribution in [0.2, 0.25) is 0 Å². The molecule has 0 aromatic heterocycles. The van der Waals surface area contributed by atoms with Gasteiger partial charge in [0.25, 0.3) is 0 Å². The van der Waals surface area contributed by atoms with Crippen molar-refractivity contribution in [2.75, 3.05) is 51.6 Å². The number of hydrogen-bond donors (Lipinski definition) is 1. The van der Waals surface area contributed by atoms with Crippen LogP contribution in [0.15, 0.2) is 29.2 Å². The predicted octanol–water partition coefficient (Wildman–Crippen LogP) is 3.78. The molecule has 1 N–H and O–H groups in total. The van der Waals surface area contributed by atoms with Gasteiger partial charge in [-0.2, -0.15) is 4.31 Å². The van der Waals surface area contributed by atoms with E-state index in [1.54, 1.807) is 31.3 Å². The molecule has 34 heavy (non-hydrogen) atoms. The monoisotopic (exact) mass is 490 g/mol. The number of piperazine rings is 1. The minimum atomic E-state index is -3.51. The molecule has 2 saturated carbocycles. The lowest BCUT2D eigenvalue weighted by Crippen LogP contribution is -2.49. The normalized spacial score (nSPS) is 22.2. The van der Waals surface area contributed by atoms with Gasteiger partial charge >= 0.3 is 0 Å². The summed E-state index contributed by atoms with van der Waals surface area (Å²) in [7, 11) is -1.82. The molecule has 0 atom stereocenters. The van der Waals surface area contributed by atoms with E-state index in [2.05, 4.69) is 15.1 Å². The lowest BCUT2D eigenvalue weighted by atomic mass is 9.89. The lowest BCUT2D eigenvalue weighted by Gasteiger charge is -2.37. The molecule has 3 fully saturated rings. The highest BCUT2D eigenvalue weighted by Crippen LogP contribution is 2.27. The van der Waals surface area contributed by atoms with Crippen molar-refractivity contribution in [1.29, 1.82) is 0 Å². The fourth-order valence-electron chi connectivity index (χ4n) is 5.79. The minimum Gasteiger partial charge on any atom is -0.325 e. The Balaban J connectivity index is 1.22. The Kier molecular flexibility index (Phi) is 9.02. The van der Waals surface area contributed by atoms with Gasteiger partial charge in [-0.3, -0.25) is 9.69 Å². The average molecular weight is 491 g/mol. The van der Waals surface area contributed by atoms with Crippen LogP contribution in [-0.2, 0) is 14.8 Å². The van der Waals surface area contributed by atoms with Crippen molar-refractivity contribution >= 4 is 21.6 Å². The van der Waals surface area contributed by atoms with E-state index in [0.717, 1.165) is 57.8 Å². The number of sulfonamides is 1. The van der Waals surface area contributed by atoms with E-state index < -0.39 is 10.0 Å². The molecule has 0 spiro atoms. The molecule has 1 saturated heterocycles. The maximum atomic E-state index is 13.0. The van der Waals surface area contributed by atoms with Gasteiger partial charge in [0.1, 0.15) is 0 Å². The van der Waals surface area contributed by atoms with E-state index in [9.17, 15) is 13.2 Å². The largest absolute Gasteiger partial charge is 0.325 e. The second-order valence-electron chi connectivity index (χ2n) is 10.5. The Morgan fingerprint density at radius 1 is 0.882 bits per heavy atom. The molecule has 3 aliphatic rings. The molecule has 190 valence electrons. The third-order valence-electron chi connectivity index (χ3n) is 7.98. The molecule has 0 unspecified atom stereocenters. The van der Waals surface area contributed by atoms with Gasteiger partial charge in [0, 0.05) is 51.5 Å². The van der Waals surface area contributed by atoms with Gasteiger partial charge in [-0.05, 0) is 55.9 Å². The maximum Gasteiger partial charge on any atom is 0.243 e. The Bertz CT molecular complexity index is 885. The summed E-state index contributed by atoms with van der Waals surface area (Å²) in [6.07, 6.45) is 12.1. The molecular formula is C26H42N4O3S. The number of nitrogens with zero attached hydrogens (tertiary/aromatic N) is 3. The molecule has 1 aliphatic heterocycles. The highest BCUT2D eigenvalue weighted by Gasteiger charge is 2.29. The molecule has 1 amide bonds. The summed E-state index contributed by atoms with van der Waals surface area (Å²) in [5.41, 5.74) is 0.639. The van der Waals surface area contributed by atoms with Crippen molar-refractivity contribution in [1.82, 2.24) is 14.1 Å². The molecule has 0 bridgehead atoms. The average Bonchev–Trinajstić information content (AvgIpc) is 2.86. The number of carbonyl (C=O) groups is 1. The summed E-state index contributed by atoms with van der Waals surface area (Å²) in [6, 6.07) is 6.69. The quantitative estimate of drug-likeness (QED) is 0.600. The third-order valence-corrected chi connectivity index (χ3v) is 9.90. The van der Waals surface area contributed by atoms with Gasteiger partial charge in [0.2, 0.25) is 15.9 Å². The fraction of sp³-hybridized carbons (Fsp3) is 0.731. The van der Waals surface area contributed by atoms with Crippen LogP contribution in [0.3, 0.4) is 0 Å². The van der Waals surface area contributed by atoms with E-state index in [1.807, 2.05) is 0 Å². The first-order chi connectivity index (χ1) is 16.4. The summed E-state index contributed by atoms with van der Waals surface area (Å²) in [6.45, 7) is 5.50. The number of nitrogens with one attached hydrogen (secondary N) is 1. The van der Waals surface area contributed by atoms with Crippen LogP contribution in [0.25, 0.3) is 0 Å². The first kappa shape index (κ1) is 25.6. The van der Waals surface area contributed by atoms with E-state index in [-0.39, 0.29) is 16.8 Å². The van der Waals surface area contributed by atoms with E-state index in [4.69, 9.17) is 0 Å². The maximum absolute atomic E-state index is 13.0. The summed E-state index contributed by atoms with van der Waals surface area (Å²) in [5.74, 6) is 0.813. The predicted molar refractivity (Wildman–Crippen MR) is 136 cm³/mol. The lowest BCUT2D eigenvalue weighted by molar-refractivity contribution is -0.117. The van der Waals surface area contributed by atoms with E-state index >= 15 is 0 Å². The number of carbonyl (C=O) groups excluding carboxylic acids is 1. The number of rotatable bonds is 8. The minimum absolute atomic E-state index is 0.0457. The molecule has 1 aromatic carbocycles. The van der Waals surface area contributed by atoms with Crippen LogP contribution < -0.4 is 5.32 Å². The van der Waals surface area contributed by atoms with Gasteiger partial charge in [0.15, 0.2) is 0 Å². The van der Waals surface area contributed by atoms with Crippen molar-refractivity contribution in [2.45, 2.75) is 75.1 Å². The number of amides is 1. The van der Waals surface area contributed by atoms with Crippen LogP contribution in [0, 0.1) is 5.92 Å². The second kappa shape index (κ2) is 12.0. The van der Waals surface area contributed by atoms with Crippen molar-refractivity contribution in [3.8, 4) is 0 Å². The zero-order chi connectivity index (χ0) is 24.0. The zero-order valence-corrected chi connectivity index (χ0v) is 21.6. The molecule has 4 rings (SSSR count). The summed E-state index contributed by atoms with van der Waals surface area (Å²) in [5, 5.41) is 2.93. The van der Waals surface area contributed by atoms with Crippen LogP contribution in [-0.4, -0.2) is 80.8 Å². The molecule has 7 nitrogen and oxygen atoms in total. The van der Waals surface area contributed by atoms with Crippen LogP contribution in [0.1, 0.15) is 64.2 Å². The first-order valence-electron chi connectivity index (χ1n) is 13.2. The molecular weight excluding hydrogens is 448 g/mol. The van der Waals surface area contributed by atoms with Gasteiger partial charge in [-0.1, -0.05) is 38.5 Å². The standard InChI is InChI=1S/C26H42N4O3S/c1-28(24-10-6-3-7-11-24)34(32,33)25-14-12-23(13-15-25)27-26(31)21-30-18-16-29(17-19-30)20-22-8-4-2-5-9-22/h12-15,22,24H,2-11,16-21H2,1H3,(H,27,31). The van der Waals surface area contributed by atoms with E-state index in [1.165, 1.54) is 49.4 Å². The molecule has 1 aromatic rings. The van der Waals surface area contributed by atoms with E-state index in [0.29, 0.717) is 12.2 Å². The SMILES string of the molecule is CN(C1CCCCC1)S(=O)(=O)c1ccc(NC(=O)CN2CCN(CC3CCCCC3)CC2)cc1. The molecule has 8 heteroatoms. The molecule has 1 heterocycles. The summed E-state index contributed by atoms with van der Waals surface area (Å²) >= 11 is 0. The van der Waals surface area contributed by atoms with Gasteiger partial charge in [-0.15, -0.1) is 0 Å². The molecule has 2 aliphatic carbocycles. The Morgan fingerprint density at radius 2 is 1.44 bits per heavy atom. The third kappa shape index (κ3) is 6.80. The van der Waals surface area contributed by atoms with Gasteiger partial charge < -0.3 is 10.2 Å².